The molecule has 0 bridgehead atoms. The molecule has 4 rings (SSSR count). The molecular weight excluding hydrogens is 430 g/mol. The quantitative estimate of drug-likeness (QED) is 0.390. The lowest BCUT2D eigenvalue weighted by Gasteiger charge is -2.25. The second-order valence-corrected chi connectivity index (χ2v) is 8.28. The number of rotatable bonds is 10. The molecule has 176 valence electrons. The molecule has 1 amide bonds. The molecule has 2 atom stereocenters. The number of cyclic esters (lactones) is 1. The summed E-state index contributed by atoms with van der Waals surface area (Å²) in [6.45, 7) is 0.0278. The fourth-order valence-electron chi connectivity index (χ4n) is 4.21. The van der Waals surface area contributed by atoms with Gasteiger partial charge in [0.2, 0.25) is 0 Å². The summed E-state index contributed by atoms with van der Waals surface area (Å²) < 4.78 is 16.5. The highest BCUT2D eigenvalue weighted by atomic mass is 16.6. The maximum absolute atomic E-state index is 12.9. The van der Waals surface area contributed by atoms with E-state index in [0.717, 1.165) is 24.1 Å². The minimum Gasteiger partial charge on any atom is -0.497 e. The van der Waals surface area contributed by atoms with Crippen molar-refractivity contribution in [3.05, 3.63) is 96.1 Å². The summed E-state index contributed by atoms with van der Waals surface area (Å²) in [6, 6.07) is 26.8. The van der Waals surface area contributed by atoms with E-state index in [1.165, 1.54) is 5.56 Å². The number of nitrogens with zero attached hydrogens (tertiary/aromatic N) is 1. The maximum atomic E-state index is 12.9. The smallest absolute Gasteiger partial charge is 0.415 e. The van der Waals surface area contributed by atoms with Crippen molar-refractivity contribution >= 4 is 17.7 Å². The van der Waals surface area contributed by atoms with E-state index in [2.05, 4.69) is 12.1 Å². The van der Waals surface area contributed by atoms with Crippen molar-refractivity contribution in [2.24, 2.45) is 0 Å². The van der Waals surface area contributed by atoms with Gasteiger partial charge in [-0.3, -0.25) is 9.69 Å². The van der Waals surface area contributed by atoms with Gasteiger partial charge in [0.1, 0.15) is 12.4 Å². The van der Waals surface area contributed by atoms with Gasteiger partial charge >= 0.3 is 12.1 Å². The van der Waals surface area contributed by atoms with Crippen LogP contribution < -0.4 is 9.64 Å². The monoisotopic (exact) mass is 459 g/mol. The van der Waals surface area contributed by atoms with E-state index in [1.54, 1.807) is 12.0 Å². The van der Waals surface area contributed by atoms with Crippen LogP contribution in [0.4, 0.5) is 10.5 Å². The van der Waals surface area contributed by atoms with Gasteiger partial charge in [-0.1, -0.05) is 60.7 Å². The van der Waals surface area contributed by atoms with Crippen LogP contribution in [0.1, 0.15) is 24.0 Å². The van der Waals surface area contributed by atoms with Crippen LogP contribution in [0.3, 0.4) is 0 Å². The molecule has 0 spiro atoms. The molecular formula is C28H29NO5. The number of aryl methyl sites for hydroxylation is 1. The van der Waals surface area contributed by atoms with Crippen LogP contribution >= 0.6 is 0 Å². The fourth-order valence-corrected chi connectivity index (χ4v) is 4.21. The van der Waals surface area contributed by atoms with Crippen LogP contribution in [-0.2, 0) is 27.1 Å². The van der Waals surface area contributed by atoms with Crippen molar-refractivity contribution in [1.82, 2.24) is 0 Å². The Morgan fingerprint density at radius 3 is 2.21 bits per heavy atom. The minimum absolute atomic E-state index is 0.0278. The second kappa shape index (κ2) is 11.4. The van der Waals surface area contributed by atoms with Crippen molar-refractivity contribution < 1.29 is 23.8 Å². The zero-order valence-electron chi connectivity index (χ0n) is 19.3. The molecule has 0 saturated carbocycles. The van der Waals surface area contributed by atoms with E-state index in [4.69, 9.17) is 14.2 Å². The highest BCUT2D eigenvalue weighted by Crippen LogP contribution is 2.31. The first kappa shape index (κ1) is 23.4. The van der Waals surface area contributed by atoms with E-state index >= 15 is 0 Å². The summed E-state index contributed by atoms with van der Waals surface area (Å²) in [4.78, 5) is 26.9. The van der Waals surface area contributed by atoms with Crippen LogP contribution in [0.25, 0.3) is 0 Å². The largest absolute Gasteiger partial charge is 0.497 e. The van der Waals surface area contributed by atoms with E-state index in [-0.39, 0.29) is 25.0 Å². The number of anilines is 1. The lowest BCUT2D eigenvalue weighted by atomic mass is 10.0. The predicted octanol–water partition coefficient (Wildman–Crippen LogP) is 5.20. The average Bonchev–Trinajstić information content (AvgIpc) is 3.19. The molecule has 0 aromatic heterocycles. The van der Waals surface area contributed by atoms with Crippen LogP contribution in [0.5, 0.6) is 5.75 Å². The lowest BCUT2D eigenvalue weighted by molar-refractivity contribution is -0.145. The molecule has 1 fully saturated rings. The number of esters is 1. The van der Waals surface area contributed by atoms with Gasteiger partial charge in [-0.25, -0.2) is 4.79 Å². The van der Waals surface area contributed by atoms with Gasteiger partial charge < -0.3 is 14.2 Å². The summed E-state index contributed by atoms with van der Waals surface area (Å²) in [6.07, 6.45) is 1.69. The molecule has 0 radical (unpaired) electrons. The normalized spacial score (nSPS) is 17.3. The van der Waals surface area contributed by atoms with Gasteiger partial charge in [0.05, 0.1) is 19.6 Å². The molecule has 3 aromatic rings. The molecule has 0 aliphatic carbocycles. The van der Waals surface area contributed by atoms with Gasteiger partial charge in [0, 0.05) is 5.69 Å². The molecule has 0 unspecified atom stereocenters. The molecule has 1 saturated heterocycles. The number of benzene rings is 3. The summed E-state index contributed by atoms with van der Waals surface area (Å²) in [5, 5.41) is 0. The van der Waals surface area contributed by atoms with E-state index in [1.807, 2.05) is 72.8 Å². The number of amides is 1. The number of ether oxygens (including phenoxy) is 3. The van der Waals surface area contributed by atoms with E-state index in [9.17, 15) is 9.59 Å². The van der Waals surface area contributed by atoms with Gasteiger partial charge in [0.15, 0.2) is 6.10 Å². The highest BCUT2D eigenvalue weighted by Gasteiger charge is 2.42. The standard InChI is InChI=1S/C28H29NO5/c1-32-24-17-15-23(16-18-24)29-25(14-8-13-21-9-4-2-5-10-21)26(34-28(29)31)20-33-27(30)19-22-11-6-3-7-12-22/h2-7,9-12,15-18,25-26H,8,13-14,19-20H2,1H3/t25-,26-/m1/s1. The maximum Gasteiger partial charge on any atom is 0.415 e. The first-order chi connectivity index (χ1) is 16.6. The third-order valence-electron chi connectivity index (χ3n) is 5.97. The van der Waals surface area contributed by atoms with E-state index < -0.39 is 12.2 Å². The molecule has 0 N–H and O–H groups in total. The third-order valence-corrected chi connectivity index (χ3v) is 5.97. The summed E-state index contributed by atoms with van der Waals surface area (Å²) in [5.41, 5.74) is 2.86. The van der Waals surface area contributed by atoms with Crippen LogP contribution in [0, 0.1) is 0 Å². The van der Waals surface area contributed by atoms with Gasteiger partial charge in [-0.15, -0.1) is 0 Å². The number of carbonyl (C=O) groups is 2. The summed E-state index contributed by atoms with van der Waals surface area (Å²) in [7, 11) is 1.60. The van der Waals surface area contributed by atoms with Crippen LogP contribution in [0.2, 0.25) is 0 Å². The second-order valence-electron chi connectivity index (χ2n) is 8.28. The van der Waals surface area contributed by atoms with Crippen molar-refractivity contribution in [3.63, 3.8) is 0 Å². The van der Waals surface area contributed by atoms with Gasteiger partial charge in [-0.2, -0.15) is 0 Å². The molecule has 6 nitrogen and oxygen atoms in total. The Kier molecular flexibility index (Phi) is 7.81. The molecule has 3 aromatic carbocycles. The van der Waals surface area contributed by atoms with Crippen molar-refractivity contribution in [2.45, 2.75) is 37.8 Å². The SMILES string of the molecule is COc1ccc(N2C(=O)O[C@H](COC(=O)Cc3ccccc3)[C@H]2CCCc2ccccc2)cc1. The predicted molar refractivity (Wildman–Crippen MR) is 130 cm³/mol. The van der Waals surface area contributed by atoms with Crippen molar-refractivity contribution in [3.8, 4) is 5.75 Å². The zero-order chi connectivity index (χ0) is 23.8. The third kappa shape index (κ3) is 5.95. The molecule has 6 heteroatoms. The Morgan fingerprint density at radius 2 is 1.56 bits per heavy atom. The number of methoxy groups -OCH3 is 1. The Hall–Kier alpha value is -3.80. The molecule has 34 heavy (non-hydrogen) atoms. The molecule has 1 aliphatic rings. The van der Waals surface area contributed by atoms with Crippen molar-refractivity contribution in [2.75, 3.05) is 18.6 Å². The Balaban J connectivity index is 1.44. The summed E-state index contributed by atoms with van der Waals surface area (Å²) >= 11 is 0. The average molecular weight is 460 g/mol. The highest BCUT2D eigenvalue weighted by molar-refractivity contribution is 5.90. The van der Waals surface area contributed by atoms with E-state index in [0.29, 0.717) is 12.2 Å². The lowest BCUT2D eigenvalue weighted by Crippen LogP contribution is -2.39. The molecule has 1 heterocycles. The molecule has 1 aliphatic heterocycles. The first-order valence-electron chi connectivity index (χ1n) is 11.5. The van der Waals surface area contributed by atoms with Crippen molar-refractivity contribution in [1.29, 1.82) is 0 Å². The number of hydrogen-bond donors (Lipinski definition) is 0. The number of carbonyl (C=O) groups excluding carboxylic acids is 2. The first-order valence-corrected chi connectivity index (χ1v) is 11.5. The Labute approximate surface area is 200 Å². The minimum atomic E-state index is -0.537. The zero-order valence-corrected chi connectivity index (χ0v) is 19.3. The Bertz CT molecular complexity index is 1070. The Morgan fingerprint density at radius 1 is 0.912 bits per heavy atom. The fraction of sp³-hybridized carbons (Fsp3) is 0.286. The topological polar surface area (TPSA) is 65.1 Å². The van der Waals surface area contributed by atoms with Gasteiger partial charge in [-0.05, 0) is 54.7 Å². The van der Waals surface area contributed by atoms with Crippen LogP contribution in [0.15, 0.2) is 84.9 Å². The number of hydrogen-bond acceptors (Lipinski definition) is 5. The summed E-state index contributed by atoms with van der Waals surface area (Å²) in [5.74, 6) is 0.372. The van der Waals surface area contributed by atoms with Crippen LogP contribution in [-0.4, -0.2) is 37.9 Å². The van der Waals surface area contributed by atoms with Gasteiger partial charge in [0.25, 0.3) is 0 Å².